The molecule has 1 atom stereocenters. The molecule has 0 radical (unpaired) electrons. The number of hydrogen-bond donors (Lipinski definition) is 2. The van der Waals surface area contributed by atoms with E-state index in [0.717, 1.165) is 17.8 Å². The predicted octanol–water partition coefficient (Wildman–Crippen LogP) is 3.78. The number of aliphatic hydroxyl groups excluding tert-OH is 1. The molecule has 1 amide bonds. The third kappa shape index (κ3) is 6.34. The summed E-state index contributed by atoms with van der Waals surface area (Å²) in [4.78, 5) is 12.8. The maximum absolute atomic E-state index is 14.0. The standard InChI is InChI=1S/C23H29F4N3O4/c1-2-17-20-18(9-4-12-33-13-5-10-28-21(20)31)30(29-17)11-6-14-34-22(32)19-15(23(25,26)27)7-3-8-16(19)24/h3,7-8,22,32H,2,4-6,9-14H2,1H3,(H,28,31). The van der Waals surface area contributed by atoms with E-state index in [0.29, 0.717) is 69.3 Å². The second-order valence-corrected chi connectivity index (χ2v) is 7.95. The smallest absolute Gasteiger partial charge is 0.381 e. The molecule has 0 saturated heterocycles. The molecule has 0 saturated carbocycles. The van der Waals surface area contributed by atoms with E-state index in [-0.39, 0.29) is 18.9 Å². The lowest BCUT2D eigenvalue weighted by Crippen LogP contribution is -2.26. The van der Waals surface area contributed by atoms with E-state index >= 15 is 0 Å². The minimum Gasteiger partial charge on any atom is -0.381 e. The Morgan fingerprint density at radius 2 is 2.06 bits per heavy atom. The fourth-order valence-corrected chi connectivity index (χ4v) is 3.94. The van der Waals surface area contributed by atoms with Gasteiger partial charge < -0.3 is 19.9 Å². The Labute approximate surface area is 195 Å². The van der Waals surface area contributed by atoms with Crippen molar-refractivity contribution in [1.82, 2.24) is 15.1 Å². The molecular formula is C23H29F4N3O4. The highest BCUT2D eigenvalue weighted by Gasteiger charge is 2.36. The summed E-state index contributed by atoms with van der Waals surface area (Å²) in [5.41, 5.74) is -0.250. The van der Waals surface area contributed by atoms with E-state index in [9.17, 15) is 27.5 Å². The molecule has 2 N–H and O–H groups in total. The first kappa shape index (κ1) is 26.1. The maximum atomic E-state index is 14.0. The topological polar surface area (TPSA) is 85.6 Å². The first-order valence-electron chi connectivity index (χ1n) is 11.3. The van der Waals surface area contributed by atoms with Crippen LogP contribution in [0.25, 0.3) is 0 Å². The molecule has 0 spiro atoms. The second kappa shape index (κ2) is 11.8. The van der Waals surface area contributed by atoms with Crippen molar-refractivity contribution < 1.29 is 36.9 Å². The highest BCUT2D eigenvalue weighted by molar-refractivity contribution is 5.96. The number of carbonyl (C=O) groups is 1. The number of fused-ring (bicyclic) bond motifs is 1. The van der Waals surface area contributed by atoms with Gasteiger partial charge in [0.1, 0.15) is 5.82 Å². The van der Waals surface area contributed by atoms with Crippen molar-refractivity contribution in [3.63, 3.8) is 0 Å². The lowest BCUT2D eigenvalue weighted by atomic mass is 10.1. The summed E-state index contributed by atoms with van der Waals surface area (Å²) in [6, 6.07) is 2.46. The van der Waals surface area contributed by atoms with Gasteiger partial charge in [0.15, 0.2) is 6.29 Å². The third-order valence-electron chi connectivity index (χ3n) is 5.54. The van der Waals surface area contributed by atoms with Crippen LogP contribution in [-0.2, 0) is 35.0 Å². The minimum atomic E-state index is -4.83. The van der Waals surface area contributed by atoms with Gasteiger partial charge in [-0.15, -0.1) is 0 Å². The summed E-state index contributed by atoms with van der Waals surface area (Å²) in [6.07, 6.45) is -4.06. The van der Waals surface area contributed by atoms with Crippen molar-refractivity contribution in [2.24, 2.45) is 0 Å². The number of benzene rings is 1. The number of carbonyl (C=O) groups excluding carboxylic acids is 1. The Morgan fingerprint density at radius 3 is 2.79 bits per heavy atom. The second-order valence-electron chi connectivity index (χ2n) is 7.95. The predicted molar refractivity (Wildman–Crippen MR) is 115 cm³/mol. The normalized spacial score (nSPS) is 16.5. The monoisotopic (exact) mass is 487 g/mol. The Balaban J connectivity index is 1.69. The molecule has 34 heavy (non-hydrogen) atoms. The van der Waals surface area contributed by atoms with Gasteiger partial charge in [0.05, 0.1) is 34.7 Å². The average Bonchev–Trinajstić information content (AvgIpc) is 3.12. The zero-order valence-electron chi connectivity index (χ0n) is 19.0. The van der Waals surface area contributed by atoms with E-state index in [2.05, 4.69) is 10.4 Å². The van der Waals surface area contributed by atoms with Gasteiger partial charge in [-0.2, -0.15) is 18.3 Å². The number of rotatable bonds is 7. The number of hydrogen-bond acceptors (Lipinski definition) is 5. The summed E-state index contributed by atoms with van der Waals surface area (Å²) >= 11 is 0. The van der Waals surface area contributed by atoms with Crippen LogP contribution in [0.2, 0.25) is 0 Å². The van der Waals surface area contributed by atoms with E-state index < -0.39 is 29.4 Å². The van der Waals surface area contributed by atoms with Gasteiger partial charge in [-0.1, -0.05) is 13.0 Å². The third-order valence-corrected chi connectivity index (χ3v) is 5.54. The van der Waals surface area contributed by atoms with Crippen LogP contribution < -0.4 is 5.32 Å². The van der Waals surface area contributed by atoms with Gasteiger partial charge in [0.2, 0.25) is 0 Å². The number of amides is 1. The number of ether oxygens (including phenoxy) is 2. The van der Waals surface area contributed by atoms with Crippen LogP contribution in [0.1, 0.15) is 65.3 Å². The zero-order valence-corrected chi connectivity index (χ0v) is 19.0. The molecule has 1 aliphatic rings. The molecular weight excluding hydrogens is 458 g/mol. The molecule has 3 rings (SSSR count). The fraction of sp³-hybridized carbons (Fsp3) is 0.565. The van der Waals surface area contributed by atoms with E-state index in [1.807, 2.05) is 6.92 Å². The highest BCUT2D eigenvalue weighted by Crippen LogP contribution is 2.36. The van der Waals surface area contributed by atoms with E-state index in [4.69, 9.17) is 9.47 Å². The molecule has 1 aliphatic heterocycles. The van der Waals surface area contributed by atoms with Crippen LogP contribution in [0.5, 0.6) is 0 Å². The van der Waals surface area contributed by atoms with Crippen LogP contribution in [0.3, 0.4) is 0 Å². The number of aromatic nitrogens is 2. The summed E-state index contributed by atoms with van der Waals surface area (Å²) in [6.45, 7) is 3.69. The van der Waals surface area contributed by atoms with Gasteiger partial charge in [0, 0.05) is 26.3 Å². The van der Waals surface area contributed by atoms with Crippen molar-refractivity contribution in [2.45, 2.75) is 58.0 Å². The van der Waals surface area contributed by atoms with Crippen molar-refractivity contribution in [1.29, 1.82) is 0 Å². The number of nitrogens with one attached hydrogen (secondary N) is 1. The molecule has 11 heteroatoms. The molecule has 0 fully saturated rings. The van der Waals surface area contributed by atoms with Gasteiger partial charge in [-0.05, 0) is 44.2 Å². The molecule has 188 valence electrons. The summed E-state index contributed by atoms with van der Waals surface area (Å²) < 4.78 is 66.0. The summed E-state index contributed by atoms with van der Waals surface area (Å²) in [7, 11) is 0. The minimum absolute atomic E-state index is 0.141. The molecule has 1 unspecified atom stereocenters. The summed E-state index contributed by atoms with van der Waals surface area (Å²) in [5, 5.41) is 17.6. The van der Waals surface area contributed by atoms with Crippen molar-refractivity contribution in [3.05, 3.63) is 52.1 Å². The average molecular weight is 487 g/mol. The molecule has 0 bridgehead atoms. The van der Waals surface area contributed by atoms with Crippen molar-refractivity contribution >= 4 is 5.91 Å². The number of nitrogens with zero attached hydrogens (tertiary/aromatic N) is 2. The number of aryl methyl sites for hydroxylation is 2. The first-order valence-corrected chi connectivity index (χ1v) is 11.3. The van der Waals surface area contributed by atoms with Crippen molar-refractivity contribution in [2.75, 3.05) is 26.4 Å². The Morgan fingerprint density at radius 1 is 1.29 bits per heavy atom. The maximum Gasteiger partial charge on any atom is 0.416 e. The van der Waals surface area contributed by atoms with Crippen molar-refractivity contribution in [3.8, 4) is 0 Å². The molecule has 0 aliphatic carbocycles. The van der Waals surface area contributed by atoms with Gasteiger partial charge in [-0.3, -0.25) is 9.48 Å². The number of halogens is 4. The molecule has 1 aromatic carbocycles. The zero-order chi connectivity index (χ0) is 24.7. The van der Waals surface area contributed by atoms with Crippen LogP contribution in [-0.4, -0.2) is 47.2 Å². The fourth-order valence-electron chi connectivity index (χ4n) is 3.94. The van der Waals surface area contributed by atoms with Crippen LogP contribution in [0.15, 0.2) is 18.2 Å². The lowest BCUT2D eigenvalue weighted by molar-refractivity contribution is -0.148. The van der Waals surface area contributed by atoms with Crippen LogP contribution in [0, 0.1) is 5.82 Å². The number of alkyl halides is 3. The Hall–Kier alpha value is -2.50. The van der Waals surface area contributed by atoms with E-state index in [1.54, 1.807) is 4.68 Å². The van der Waals surface area contributed by atoms with Crippen LogP contribution >= 0.6 is 0 Å². The largest absolute Gasteiger partial charge is 0.416 e. The molecule has 2 aromatic rings. The van der Waals surface area contributed by atoms with Crippen LogP contribution in [0.4, 0.5) is 17.6 Å². The quantitative estimate of drug-likeness (QED) is 0.353. The first-order chi connectivity index (χ1) is 16.2. The Bertz CT molecular complexity index is 978. The van der Waals surface area contributed by atoms with Gasteiger partial charge >= 0.3 is 6.18 Å². The SMILES string of the molecule is CCc1nn(CCCOC(O)c2c(F)cccc2C(F)(F)F)c2c1C(=O)NCCCOCCC2. The summed E-state index contributed by atoms with van der Waals surface area (Å²) in [5.74, 6) is -1.38. The van der Waals surface area contributed by atoms with E-state index in [1.165, 1.54) is 0 Å². The van der Waals surface area contributed by atoms with Gasteiger partial charge in [-0.25, -0.2) is 4.39 Å². The Kier molecular flexibility index (Phi) is 9.03. The molecule has 7 nitrogen and oxygen atoms in total. The molecule has 1 aromatic heterocycles. The van der Waals surface area contributed by atoms with Gasteiger partial charge in [0.25, 0.3) is 5.91 Å². The number of aliphatic hydroxyl groups is 1. The molecule has 2 heterocycles. The highest BCUT2D eigenvalue weighted by atomic mass is 19.4. The lowest BCUT2D eigenvalue weighted by Gasteiger charge is -2.18.